The number of nitrogens with zero attached hydrogens (tertiary/aromatic N) is 3. The molecule has 0 bridgehead atoms. The molecule has 1 saturated heterocycles. The van der Waals surface area contributed by atoms with Crippen molar-refractivity contribution < 1.29 is 18.7 Å². The van der Waals surface area contributed by atoms with Crippen molar-refractivity contribution in [2.24, 2.45) is 0 Å². The van der Waals surface area contributed by atoms with Crippen molar-refractivity contribution in [3.63, 3.8) is 0 Å². The van der Waals surface area contributed by atoms with Gasteiger partial charge in [0.05, 0.1) is 12.1 Å². The van der Waals surface area contributed by atoms with Crippen LogP contribution in [0.2, 0.25) is 0 Å². The number of halogens is 1. The molecule has 1 fully saturated rings. The first-order valence-electron chi connectivity index (χ1n) is 9.22. The smallest absolute Gasteiger partial charge is 0.276 e. The maximum atomic E-state index is 13.0. The number of hydrogen-bond acceptors (Lipinski definition) is 5. The normalized spacial score (nSPS) is 16.9. The fourth-order valence-electron chi connectivity index (χ4n) is 3.47. The first kappa shape index (κ1) is 18.2. The quantitative estimate of drug-likeness (QED) is 0.748. The van der Waals surface area contributed by atoms with E-state index in [1.54, 1.807) is 29.3 Å². The summed E-state index contributed by atoms with van der Waals surface area (Å²) in [5.74, 6) is 0.610. The maximum absolute atomic E-state index is 13.0. The van der Waals surface area contributed by atoms with E-state index in [2.05, 4.69) is 9.97 Å². The van der Waals surface area contributed by atoms with Gasteiger partial charge in [-0.1, -0.05) is 12.1 Å². The van der Waals surface area contributed by atoms with Gasteiger partial charge in [-0.05, 0) is 42.7 Å². The maximum Gasteiger partial charge on any atom is 0.276 e. The summed E-state index contributed by atoms with van der Waals surface area (Å²) in [6.07, 6.45) is 5.40. The van der Waals surface area contributed by atoms with Crippen LogP contribution in [0.15, 0.2) is 53.2 Å². The number of aromatic hydroxyl groups is 1. The third-order valence-electron chi connectivity index (χ3n) is 4.91. The summed E-state index contributed by atoms with van der Waals surface area (Å²) >= 11 is 0. The summed E-state index contributed by atoms with van der Waals surface area (Å²) in [7, 11) is 0. The molecule has 0 saturated carbocycles. The second-order valence-electron chi connectivity index (χ2n) is 6.93. The van der Waals surface area contributed by atoms with Gasteiger partial charge in [0.15, 0.2) is 11.6 Å². The monoisotopic (exact) mass is 381 g/mol. The van der Waals surface area contributed by atoms with E-state index in [0.717, 1.165) is 18.4 Å². The average molecular weight is 381 g/mol. The summed E-state index contributed by atoms with van der Waals surface area (Å²) in [5, 5.41) is 9.89. The zero-order chi connectivity index (χ0) is 19.5. The third kappa shape index (κ3) is 3.88. The highest BCUT2D eigenvalue weighted by molar-refractivity contribution is 5.94. The van der Waals surface area contributed by atoms with E-state index in [4.69, 9.17) is 4.42 Å². The fourth-order valence-corrected chi connectivity index (χ4v) is 3.47. The summed E-state index contributed by atoms with van der Waals surface area (Å²) < 4.78 is 18.9. The highest BCUT2D eigenvalue weighted by Gasteiger charge is 2.30. The first-order valence-corrected chi connectivity index (χ1v) is 9.22. The minimum atomic E-state index is -0.291. The van der Waals surface area contributed by atoms with Crippen LogP contribution in [0.25, 0.3) is 0 Å². The minimum absolute atomic E-state index is 0.00878. The van der Waals surface area contributed by atoms with Crippen molar-refractivity contribution in [1.29, 1.82) is 0 Å². The van der Waals surface area contributed by atoms with E-state index in [0.29, 0.717) is 31.2 Å². The number of pyridine rings is 1. The molecule has 1 aliphatic rings. The van der Waals surface area contributed by atoms with E-state index < -0.39 is 0 Å². The second kappa shape index (κ2) is 7.80. The molecule has 2 aromatic heterocycles. The highest BCUT2D eigenvalue weighted by Crippen LogP contribution is 2.28. The van der Waals surface area contributed by atoms with Gasteiger partial charge in [-0.2, -0.15) is 0 Å². The number of benzene rings is 1. The van der Waals surface area contributed by atoms with E-state index >= 15 is 0 Å². The van der Waals surface area contributed by atoms with Crippen molar-refractivity contribution in [3.8, 4) is 5.75 Å². The van der Waals surface area contributed by atoms with Crippen LogP contribution in [-0.2, 0) is 6.42 Å². The second-order valence-corrected chi connectivity index (χ2v) is 6.93. The van der Waals surface area contributed by atoms with Crippen molar-refractivity contribution in [3.05, 3.63) is 77.5 Å². The van der Waals surface area contributed by atoms with E-state index in [1.165, 1.54) is 24.4 Å². The predicted molar refractivity (Wildman–Crippen MR) is 99.5 cm³/mol. The molecular weight excluding hydrogens is 361 g/mol. The first-order chi connectivity index (χ1) is 13.6. The average Bonchev–Trinajstić information content (AvgIpc) is 3.18. The van der Waals surface area contributed by atoms with Crippen molar-refractivity contribution in [1.82, 2.24) is 14.9 Å². The van der Waals surface area contributed by atoms with Crippen LogP contribution >= 0.6 is 0 Å². The predicted octanol–water partition coefficient (Wildman–Crippen LogP) is 3.52. The van der Waals surface area contributed by atoms with Gasteiger partial charge in [0.2, 0.25) is 0 Å². The Bertz CT molecular complexity index is 971. The van der Waals surface area contributed by atoms with Crippen molar-refractivity contribution in [2.75, 3.05) is 13.1 Å². The lowest BCUT2D eigenvalue weighted by molar-refractivity contribution is 0.0688. The molecule has 1 amide bonds. The van der Waals surface area contributed by atoms with Gasteiger partial charge in [0.25, 0.3) is 5.91 Å². The minimum Gasteiger partial charge on any atom is -0.505 e. The summed E-state index contributed by atoms with van der Waals surface area (Å²) in [4.78, 5) is 22.8. The summed E-state index contributed by atoms with van der Waals surface area (Å²) in [6, 6.07) is 9.32. The summed E-state index contributed by atoms with van der Waals surface area (Å²) in [5.41, 5.74) is 1.00. The molecule has 4 rings (SSSR count). The van der Waals surface area contributed by atoms with Crippen LogP contribution in [0, 0.1) is 5.82 Å². The molecule has 7 heteroatoms. The van der Waals surface area contributed by atoms with Gasteiger partial charge in [-0.3, -0.25) is 4.79 Å². The molecule has 0 spiro atoms. The van der Waals surface area contributed by atoms with Crippen LogP contribution in [0.4, 0.5) is 4.39 Å². The van der Waals surface area contributed by atoms with Crippen LogP contribution in [0.1, 0.15) is 46.5 Å². The Morgan fingerprint density at radius 3 is 2.86 bits per heavy atom. The van der Waals surface area contributed by atoms with Gasteiger partial charge in [0.1, 0.15) is 17.3 Å². The summed E-state index contributed by atoms with van der Waals surface area (Å²) in [6.45, 7) is 1.07. The van der Waals surface area contributed by atoms with Crippen molar-refractivity contribution in [2.45, 2.75) is 25.2 Å². The van der Waals surface area contributed by atoms with Gasteiger partial charge in [-0.25, -0.2) is 14.4 Å². The number of carbonyl (C=O) groups excluding carboxylic acids is 1. The van der Waals surface area contributed by atoms with E-state index in [9.17, 15) is 14.3 Å². The standard InChI is InChI=1S/C21H20FN3O3/c22-16-7-5-14(6-8-16)11-17-12-24-20(28-17)15-3-2-10-25(13-15)21(27)19-18(26)4-1-9-23-19/h1,4-9,12,15,26H,2-3,10-11,13H2/t15-/m0/s1. The SMILES string of the molecule is O=C(c1ncccc1O)N1CCC[C@H](c2ncc(Cc3ccc(F)cc3)o2)C1. The Morgan fingerprint density at radius 1 is 1.25 bits per heavy atom. The Hall–Kier alpha value is -3.22. The molecule has 0 unspecified atom stereocenters. The number of oxazole rings is 1. The molecular formula is C21H20FN3O3. The van der Waals surface area contributed by atoms with Crippen molar-refractivity contribution >= 4 is 5.91 Å². The molecule has 28 heavy (non-hydrogen) atoms. The number of aromatic nitrogens is 2. The topological polar surface area (TPSA) is 79.5 Å². The lowest BCUT2D eigenvalue weighted by atomic mass is 9.97. The highest BCUT2D eigenvalue weighted by atomic mass is 19.1. The zero-order valence-electron chi connectivity index (χ0n) is 15.2. The molecule has 1 atom stereocenters. The number of piperidine rings is 1. The molecule has 1 aromatic carbocycles. The Labute approximate surface area is 161 Å². The van der Waals surface area contributed by atoms with E-state index in [1.807, 2.05) is 0 Å². The fraction of sp³-hybridized carbons (Fsp3) is 0.286. The zero-order valence-corrected chi connectivity index (χ0v) is 15.2. The van der Waals surface area contributed by atoms with Crippen LogP contribution in [0.3, 0.4) is 0 Å². The molecule has 0 radical (unpaired) electrons. The molecule has 6 nitrogen and oxygen atoms in total. The Morgan fingerprint density at radius 2 is 2.07 bits per heavy atom. The Balaban J connectivity index is 1.45. The van der Waals surface area contributed by atoms with Gasteiger partial charge < -0.3 is 14.4 Å². The van der Waals surface area contributed by atoms with Gasteiger partial charge in [0, 0.05) is 25.7 Å². The molecule has 3 aromatic rings. The van der Waals surface area contributed by atoms with Crippen LogP contribution in [0.5, 0.6) is 5.75 Å². The number of likely N-dealkylation sites (tertiary alicyclic amines) is 1. The molecule has 1 N–H and O–H groups in total. The molecule has 3 heterocycles. The van der Waals surface area contributed by atoms with E-state index in [-0.39, 0.29) is 29.1 Å². The van der Waals surface area contributed by atoms with Crippen LogP contribution in [-0.4, -0.2) is 39.0 Å². The number of hydrogen-bond donors (Lipinski definition) is 1. The number of amides is 1. The molecule has 1 aliphatic heterocycles. The largest absolute Gasteiger partial charge is 0.505 e. The molecule has 144 valence electrons. The lowest BCUT2D eigenvalue weighted by Gasteiger charge is -2.31. The lowest BCUT2D eigenvalue weighted by Crippen LogP contribution is -2.39. The Kier molecular flexibility index (Phi) is 5.06. The van der Waals surface area contributed by atoms with Crippen LogP contribution < -0.4 is 0 Å². The third-order valence-corrected chi connectivity index (χ3v) is 4.91. The number of carbonyl (C=O) groups is 1. The van der Waals surface area contributed by atoms with Gasteiger partial charge >= 0.3 is 0 Å². The van der Waals surface area contributed by atoms with Gasteiger partial charge in [-0.15, -0.1) is 0 Å². The molecule has 0 aliphatic carbocycles. The number of rotatable bonds is 4.